The number of rotatable bonds is 10. The van der Waals surface area contributed by atoms with Gasteiger partial charge in [0, 0.05) is 22.9 Å². The molecule has 1 N–H and O–H groups in total. The fourth-order valence-corrected chi connectivity index (χ4v) is 3.75. The number of carbonyl (C=O) groups is 1. The Morgan fingerprint density at radius 1 is 0.886 bits per heavy atom. The average molecular weight is 472 g/mol. The van der Waals surface area contributed by atoms with Crippen molar-refractivity contribution in [1.82, 2.24) is 0 Å². The highest BCUT2D eigenvalue weighted by molar-refractivity contribution is 6.04. The van der Waals surface area contributed by atoms with Gasteiger partial charge < -0.3 is 19.2 Å². The zero-order valence-corrected chi connectivity index (χ0v) is 20.0. The van der Waals surface area contributed by atoms with Crippen LogP contribution in [0.15, 0.2) is 82.0 Å². The zero-order valence-electron chi connectivity index (χ0n) is 20.0. The summed E-state index contributed by atoms with van der Waals surface area (Å²) in [6.45, 7) is 2.87. The maximum atomic E-state index is 12.6. The number of carbonyl (C=O) groups excluding carboxylic acids is 1. The van der Waals surface area contributed by atoms with Crippen LogP contribution in [0.5, 0.6) is 11.5 Å². The number of methoxy groups -OCH3 is 1. The second kappa shape index (κ2) is 11.4. The van der Waals surface area contributed by atoms with Crippen molar-refractivity contribution in [2.45, 2.75) is 32.6 Å². The molecular formula is C29H29NO5. The molecule has 6 heteroatoms. The maximum absolute atomic E-state index is 12.6. The Labute approximate surface area is 204 Å². The molecule has 0 saturated carbocycles. The van der Waals surface area contributed by atoms with Gasteiger partial charge in [0.15, 0.2) is 5.43 Å². The molecule has 3 aromatic carbocycles. The van der Waals surface area contributed by atoms with Gasteiger partial charge in [-0.05, 0) is 73.2 Å². The molecule has 6 nitrogen and oxygen atoms in total. The first-order valence-corrected chi connectivity index (χ1v) is 11.8. The fraction of sp³-hybridized carbons (Fsp3) is 0.241. The minimum absolute atomic E-state index is 0.147. The van der Waals surface area contributed by atoms with Gasteiger partial charge in [-0.25, -0.2) is 0 Å². The Bertz CT molecular complexity index is 1340. The SMILES string of the molecule is CCCCCCOc1ccc(C(=O)Nc2ccc(-c3cc(=O)c4cc(OC)ccc4o3)cc2)cc1. The summed E-state index contributed by atoms with van der Waals surface area (Å²) < 4.78 is 16.8. The van der Waals surface area contributed by atoms with Gasteiger partial charge >= 0.3 is 0 Å². The van der Waals surface area contributed by atoms with Crippen molar-refractivity contribution >= 4 is 22.6 Å². The molecule has 4 rings (SSSR count). The number of fused-ring (bicyclic) bond motifs is 1. The lowest BCUT2D eigenvalue weighted by molar-refractivity contribution is 0.102. The smallest absolute Gasteiger partial charge is 0.255 e. The number of ether oxygens (including phenoxy) is 2. The molecule has 35 heavy (non-hydrogen) atoms. The van der Waals surface area contributed by atoms with Gasteiger partial charge in [-0.1, -0.05) is 26.2 Å². The van der Waals surface area contributed by atoms with E-state index in [1.807, 2.05) is 12.1 Å². The number of hydrogen-bond donors (Lipinski definition) is 1. The van der Waals surface area contributed by atoms with Crippen LogP contribution < -0.4 is 20.2 Å². The van der Waals surface area contributed by atoms with Crippen LogP contribution in [0.25, 0.3) is 22.3 Å². The third-order valence-corrected chi connectivity index (χ3v) is 5.74. The molecule has 0 aliphatic carbocycles. The van der Waals surface area contributed by atoms with Crippen molar-refractivity contribution in [3.05, 3.63) is 88.6 Å². The Balaban J connectivity index is 1.39. The van der Waals surface area contributed by atoms with Crippen molar-refractivity contribution in [2.24, 2.45) is 0 Å². The van der Waals surface area contributed by atoms with Gasteiger partial charge in [-0.15, -0.1) is 0 Å². The quantitative estimate of drug-likeness (QED) is 0.261. The highest BCUT2D eigenvalue weighted by atomic mass is 16.5. The molecule has 180 valence electrons. The third kappa shape index (κ3) is 6.09. The summed E-state index contributed by atoms with van der Waals surface area (Å²) >= 11 is 0. The molecule has 0 radical (unpaired) electrons. The highest BCUT2D eigenvalue weighted by Crippen LogP contribution is 2.26. The molecule has 0 aliphatic heterocycles. The predicted octanol–water partition coefficient (Wildman–Crippen LogP) is 6.68. The van der Waals surface area contributed by atoms with E-state index in [-0.39, 0.29) is 11.3 Å². The van der Waals surface area contributed by atoms with Crippen LogP contribution >= 0.6 is 0 Å². The standard InChI is InChI=1S/C29H29NO5/c1-3-4-5-6-17-34-23-13-9-21(10-14-23)29(32)30-22-11-7-20(8-12-22)28-19-26(31)25-18-24(33-2)15-16-27(25)35-28/h7-16,18-19H,3-6,17H2,1-2H3,(H,30,32). The Morgan fingerprint density at radius 3 is 2.34 bits per heavy atom. The van der Waals surface area contributed by atoms with Crippen LogP contribution in [0.2, 0.25) is 0 Å². The van der Waals surface area contributed by atoms with Crippen molar-refractivity contribution in [3.63, 3.8) is 0 Å². The molecule has 1 heterocycles. The van der Waals surface area contributed by atoms with Crippen molar-refractivity contribution in [3.8, 4) is 22.8 Å². The Kier molecular flexibility index (Phi) is 7.83. The second-order valence-corrected chi connectivity index (χ2v) is 8.30. The van der Waals surface area contributed by atoms with Crippen LogP contribution in [0.4, 0.5) is 5.69 Å². The van der Waals surface area contributed by atoms with Crippen LogP contribution in [-0.4, -0.2) is 19.6 Å². The first-order chi connectivity index (χ1) is 17.1. The third-order valence-electron chi connectivity index (χ3n) is 5.74. The summed E-state index contributed by atoms with van der Waals surface area (Å²) in [7, 11) is 1.55. The lowest BCUT2D eigenvalue weighted by Crippen LogP contribution is -2.11. The first-order valence-electron chi connectivity index (χ1n) is 11.8. The van der Waals surface area contributed by atoms with E-state index < -0.39 is 0 Å². The van der Waals surface area contributed by atoms with Crippen LogP contribution in [0.3, 0.4) is 0 Å². The summed E-state index contributed by atoms with van der Waals surface area (Å²) in [5.74, 6) is 1.61. The van der Waals surface area contributed by atoms with Gasteiger partial charge in [-0.2, -0.15) is 0 Å². The lowest BCUT2D eigenvalue weighted by atomic mass is 10.1. The predicted molar refractivity (Wildman–Crippen MR) is 139 cm³/mol. The second-order valence-electron chi connectivity index (χ2n) is 8.30. The van der Waals surface area contributed by atoms with Gasteiger partial charge in [-0.3, -0.25) is 9.59 Å². The topological polar surface area (TPSA) is 77.8 Å². The summed E-state index contributed by atoms with van der Waals surface area (Å²) in [5, 5.41) is 3.35. The number of amides is 1. The van der Waals surface area contributed by atoms with E-state index in [4.69, 9.17) is 13.9 Å². The minimum atomic E-state index is -0.210. The van der Waals surface area contributed by atoms with E-state index in [9.17, 15) is 9.59 Å². The van der Waals surface area contributed by atoms with Gasteiger partial charge in [0.05, 0.1) is 19.1 Å². The number of nitrogens with one attached hydrogen (secondary N) is 1. The normalized spacial score (nSPS) is 10.8. The summed E-state index contributed by atoms with van der Waals surface area (Å²) in [4.78, 5) is 25.2. The zero-order chi connectivity index (χ0) is 24.6. The number of benzene rings is 3. The van der Waals surface area contributed by atoms with Gasteiger partial charge in [0.1, 0.15) is 22.8 Å². The van der Waals surface area contributed by atoms with E-state index in [1.165, 1.54) is 18.9 Å². The van der Waals surface area contributed by atoms with Crippen molar-refractivity contribution in [1.29, 1.82) is 0 Å². The minimum Gasteiger partial charge on any atom is -0.497 e. The molecular weight excluding hydrogens is 442 g/mol. The summed E-state index contributed by atoms with van der Waals surface area (Å²) in [6, 6.07) is 20.9. The monoisotopic (exact) mass is 471 g/mol. The first kappa shape index (κ1) is 24.1. The molecule has 0 saturated heterocycles. The molecule has 0 fully saturated rings. The summed E-state index contributed by atoms with van der Waals surface area (Å²) in [6.07, 6.45) is 4.61. The Morgan fingerprint density at radius 2 is 1.63 bits per heavy atom. The van der Waals surface area contributed by atoms with Crippen LogP contribution in [0, 0.1) is 0 Å². The largest absolute Gasteiger partial charge is 0.497 e. The van der Waals surface area contributed by atoms with E-state index in [0.717, 1.165) is 24.2 Å². The fourth-order valence-electron chi connectivity index (χ4n) is 3.75. The lowest BCUT2D eigenvalue weighted by Gasteiger charge is -2.09. The number of anilines is 1. The molecule has 0 unspecified atom stereocenters. The van der Waals surface area contributed by atoms with E-state index in [1.54, 1.807) is 61.7 Å². The molecule has 0 bridgehead atoms. The Hall–Kier alpha value is -4.06. The number of hydrogen-bond acceptors (Lipinski definition) is 5. The average Bonchev–Trinajstić information content (AvgIpc) is 2.89. The van der Waals surface area contributed by atoms with E-state index in [2.05, 4.69) is 12.2 Å². The molecule has 0 atom stereocenters. The molecule has 1 aromatic heterocycles. The molecule has 4 aromatic rings. The van der Waals surface area contributed by atoms with Crippen LogP contribution in [0.1, 0.15) is 43.0 Å². The van der Waals surface area contributed by atoms with E-state index in [0.29, 0.717) is 40.3 Å². The molecule has 0 aliphatic rings. The molecule has 0 spiro atoms. The van der Waals surface area contributed by atoms with Crippen LogP contribution in [-0.2, 0) is 0 Å². The molecule has 1 amide bonds. The van der Waals surface area contributed by atoms with Gasteiger partial charge in [0.2, 0.25) is 0 Å². The number of unbranched alkanes of at least 4 members (excludes halogenated alkanes) is 3. The summed E-state index contributed by atoms with van der Waals surface area (Å²) in [5.41, 5.74) is 2.26. The van der Waals surface area contributed by atoms with Crippen molar-refractivity contribution < 1.29 is 18.7 Å². The van der Waals surface area contributed by atoms with E-state index >= 15 is 0 Å². The maximum Gasteiger partial charge on any atom is 0.255 e. The van der Waals surface area contributed by atoms with Crippen molar-refractivity contribution in [2.75, 3.05) is 19.0 Å². The van der Waals surface area contributed by atoms with Gasteiger partial charge in [0.25, 0.3) is 5.91 Å². The highest BCUT2D eigenvalue weighted by Gasteiger charge is 2.10.